The van der Waals surface area contributed by atoms with Crippen molar-refractivity contribution >= 4 is 0 Å². The van der Waals surface area contributed by atoms with Gasteiger partial charge in [-0.05, 0) is 38.2 Å². The lowest BCUT2D eigenvalue weighted by Crippen LogP contribution is -2.26. The minimum Gasteiger partial charge on any atom is -0.314 e. The molecule has 2 rings (SSSR count). The van der Waals surface area contributed by atoms with Crippen molar-refractivity contribution in [2.45, 2.75) is 58.9 Å². The molecular weight excluding hydrogens is 210 g/mol. The number of hydrogen-bond acceptors (Lipinski definition) is 3. The summed E-state index contributed by atoms with van der Waals surface area (Å²) in [5.41, 5.74) is 3.93. The third-order valence-electron chi connectivity index (χ3n) is 3.34. The summed E-state index contributed by atoms with van der Waals surface area (Å²) in [6.45, 7) is 7.43. The fraction of sp³-hybridized carbons (Fsp3) is 0.714. The zero-order valence-corrected chi connectivity index (χ0v) is 11.2. The van der Waals surface area contributed by atoms with Crippen LogP contribution in [0.3, 0.4) is 0 Å². The quantitative estimate of drug-likeness (QED) is 0.866. The lowest BCUT2D eigenvalue weighted by Gasteiger charge is -2.17. The molecule has 94 valence electrons. The van der Waals surface area contributed by atoms with Gasteiger partial charge in [0.2, 0.25) is 0 Å². The highest BCUT2D eigenvalue weighted by Crippen LogP contribution is 2.21. The van der Waals surface area contributed by atoms with E-state index in [1.807, 2.05) is 0 Å². The maximum Gasteiger partial charge on any atom is 0.130 e. The van der Waals surface area contributed by atoms with Crippen LogP contribution in [0.5, 0.6) is 0 Å². The van der Waals surface area contributed by atoms with E-state index in [9.17, 15) is 0 Å². The standard InChI is InChI=1S/C14H23N3/c1-10(2)15-9-8-14-16-11(3)12-6-4-5-7-13(12)17-14/h10,15H,4-9H2,1-3H3. The molecule has 3 nitrogen and oxygen atoms in total. The fourth-order valence-corrected chi connectivity index (χ4v) is 2.43. The summed E-state index contributed by atoms with van der Waals surface area (Å²) in [4.78, 5) is 9.35. The van der Waals surface area contributed by atoms with Crippen molar-refractivity contribution in [3.05, 3.63) is 22.8 Å². The average Bonchev–Trinajstić information content (AvgIpc) is 2.28. The normalized spacial score (nSPS) is 15.1. The first-order valence-corrected chi connectivity index (χ1v) is 6.75. The van der Waals surface area contributed by atoms with Crippen LogP contribution in [0.1, 0.15) is 49.5 Å². The minimum atomic E-state index is 0.536. The molecule has 0 spiro atoms. The molecule has 0 amide bonds. The van der Waals surface area contributed by atoms with Gasteiger partial charge in [0.15, 0.2) is 0 Å². The second kappa shape index (κ2) is 5.58. The monoisotopic (exact) mass is 233 g/mol. The highest BCUT2D eigenvalue weighted by Gasteiger charge is 2.15. The molecule has 1 aliphatic carbocycles. The lowest BCUT2D eigenvalue weighted by molar-refractivity contribution is 0.577. The fourth-order valence-electron chi connectivity index (χ4n) is 2.43. The Labute approximate surface area is 104 Å². The molecule has 0 aromatic carbocycles. The van der Waals surface area contributed by atoms with Crippen LogP contribution in [-0.4, -0.2) is 22.6 Å². The number of hydrogen-bond donors (Lipinski definition) is 1. The van der Waals surface area contributed by atoms with Crippen LogP contribution < -0.4 is 5.32 Å². The highest BCUT2D eigenvalue weighted by molar-refractivity contribution is 5.27. The Balaban J connectivity index is 2.06. The van der Waals surface area contributed by atoms with Crippen molar-refractivity contribution < 1.29 is 0 Å². The highest BCUT2D eigenvalue weighted by atomic mass is 14.9. The molecule has 1 heterocycles. The van der Waals surface area contributed by atoms with Crippen molar-refractivity contribution in [1.82, 2.24) is 15.3 Å². The molecule has 17 heavy (non-hydrogen) atoms. The maximum atomic E-state index is 4.72. The van der Waals surface area contributed by atoms with Crippen molar-refractivity contribution in [3.63, 3.8) is 0 Å². The first-order valence-electron chi connectivity index (χ1n) is 6.75. The topological polar surface area (TPSA) is 37.8 Å². The summed E-state index contributed by atoms with van der Waals surface area (Å²) in [6.07, 6.45) is 5.83. The van der Waals surface area contributed by atoms with Gasteiger partial charge in [0.05, 0.1) is 0 Å². The van der Waals surface area contributed by atoms with Crippen LogP contribution in [0.25, 0.3) is 0 Å². The molecule has 0 saturated carbocycles. The molecule has 0 atom stereocenters. The third-order valence-corrected chi connectivity index (χ3v) is 3.34. The van der Waals surface area contributed by atoms with Crippen LogP contribution in [0.2, 0.25) is 0 Å². The van der Waals surface area contributed by atoms with Crippen LogP contribution in [-0.2, 0) is 19.3 Å². The Bertz CT molecular complexity index is 385. The van der Waals surface area contributed by atoms with Gasteiger partial charge in [-0.25, -0.2) is 9.97 Å². The van der Waals surface area contributed by atoms with Crippen molar-refractivity contribution in [3.8, 4) is 0 Å². The lowest BCUT2D eigenvalue weighted by atomic mass is 9.95. The van der Waals surface area contributed by atoms with Gasteiger partial charge in [0, 0.05) is 30.4 Å². The van der Waals surface area contributed by atoms with Gasteiger partial charge in [-0.15, -0.1) is 0 Å². The molecule has 1 aliphatic rings. The van der Waals surface area contributed by atoms with Gasteiger partial charge in [-0.3, -0.25) is 0 Å². The van der Waals surface area contributed by atoms with Crippen LogP contribution >= 0.6 is 0 Å². The molecule has 0 unspecified atom stereocenters. The number of aryl methyl sites for hydroxylation is 2. The average molecular weight is 233 g/mol. The molecule has 1 aromatic heterocycles. The zero-order chi connectivity index (χ0) is 12.3. The molecule has 3 heteroatoms. The number of nitrogens with zero attached hydrogens (tertiary/aromatic N) is 2. The van der Waals surface area contributed by atoms with Gasteiger partial charge >= 0.3 is 0 Å². The van der Waals surface area contributed by atoms with Crippen molar-refractivity contribution in [1.29, 1.82) is 0 Å². The zero-order valence-electron chi connectivity index (χ0n) is 11.2. The molecular formula is C14H23N3. The SMILES string of the molecule is Cc1nc(CCNC(C)C)nc2c1CCCC2. The largest absolute Gasteiger partial charge is 0.314 e. The Morgan fingerprint density at radius 2 is 1.94 bits per heavy atom. The first-order chi connectivity index (χ1) is 8.16. The van der Waals surface area contributed by atoms with E-state index >= 15 is 0 Å². The Kier molecular flexibility index (Phi) is 4.11. The van der Waals surface area contributed by atoms with Crippen LogP contribution in [0, 0.1) is 6.92 Å². The van der Waals surface area contributed by atoms with Crippen LogP contribution in [0.15, 0.2) is 0 Å². The Morgan fingerprint density at radius 3 is 2.71 bits per heavy atom. The number of fused-ring (bicyclic) bond motifs is 1. The van der Waals surface area contributed by atoms with E-state index in [0.717, 1.165) is 25.2 Å². The first kappa shape index (κ1) is 12.5. The number of nitrogens with one attached hydrogen (secondary N) is 1. The second-order valence-electron chi connectivity index (χ2n) is 5.22. The maximum absolute atomic E-state index is 4.72. The third kappa shape index (κ3) is 3.25. The smallest absolute Gasteiger partial charge is 0.130 e. The summed E-state index contributed by atoms with van der Waals surface area (Å²) in [5.74, 6) is 1.01. The summed E-state index contributed by atoms with van der Waals surface area (Å²) < 4.78 is 0. The van der Waals surface area contributed by atoms with Gasteiger partial charge in [0.25, 0.3) is 0 Å². The van der Waals surface area contributed by atoms with E-state index in [0.29, 0.717) is 6.04 Å². The van der Waals surface area contributed by atoms with E-state index in [-0.39, 0.29) is 0 Å². The van der Waals surface area contributed by atoms with E-state index in [4.69, 9.17) is 4.98 Å². The molecule has 0 aliphatic heterocycles. The number of aromatic nitrogens is 2. The molecule has 1 N–H and O–H groups in total. The van der Waals surface area contributed by atoms with E-state index < -0.39 is 0 Å². The summed E-state index contributed by atoms with van der Waals surface area (Å²) >= 11 is 0. The predicted molar refractivity (Wildman–Crippen MR) is 70.3 cm³/mol. The summed E-state index contributed by atoms with van der Waals surface area (Å²) in [7, 11) is 0. The summed E-state index contributed by atoms with van der Waals surface area (Å²) in [5, 5.41) is 3.41. The van der Waals surface area contributed by atoms with E-state index in [1.54, 1.807) is 0 Å². The predicted octanol–water partition coefficient (Wildman–Crippen LogP) is 2.20. The van der Waals surface area contributed by atoms with Crippen LogP contribution in [0.4, 0.5) is 0 Å². The summed E-state index contributed by atoms with van der Waals surface area (Å²) in [6, 6.07) is 0.536. The number of rotatable bonds is 4. The van der Waals surface area contributed by atoms with Gasteiger partial charge in [-0.1, -0.05) is 13.8 Å². The molecule has 0 fully saturated rings. The van der Waals surface area contributed by atoms with E-state index in [2.05, 4.69) is 31.1 Å². The molecule has 0 saturated heterocycles. The second-order valence-corrected chi connectivity index (χ2v) is 5.22. The Hall–Kier alpha value is -0.960. The van der Waals surface area contributed by atoms with Crippen molar-refractivity contribution in [2.24, 2.45) is 0 Å². The van der Waals surface area contributed by atoms with Gasteiger partial charge in [0.1, 0.15) is 5.82 Å². The van der Waals surface area contributed by atoms with Gasteiger partial charge in [-0.2, -0.15) is 0 Å². The van der Waals surface area contributed by atoms with Gasteiger partial charge < -0.3 is 5.32 Å². The minimum absolute atomic E-state index is 0.536. The molecule has 0 radical (unpaired) electrons. The molecule has 1 aromatic rings. The van der Waals surface area contributed by atoms with Crippen molar-refractivity contribution in [2.75, 3.05) is 6.54 Å². The Morgan fingerprint density at radius 1 is 1.18 bits per heavy atom. The molecule has 0 bridgehead atoms. The van der Waals surface area contributed by atoms with E-state index in [1.165, 1.54) is 36.2 Å².